The van der Waals surface area contributed by atoms with Crippen molar-refractivity contribution in [3.8, 4) is 22.4 Å². The predicted molar refractivity (Wildman–Crippen MR) is 188 cm³/mol. The molecule has 0 bridgehead atoms. The lowest BCUT2D eigenvalue weighted by molar-refractivity contribution is -0.138. The molecule has 0 atom stereocenters. The first-order valence-corrected chi connectivity index (χ1v) is 15.2. The molecule has 0 fully saturated rings. The number of aromatic nitrogens is 2. The van der Waals surface area contributed by atoms with Gasteiger partial charge in [0.1, 0.15) is 5.69 Å². The number of nitrogens with zero attached hydrogens (tertiary/aromatic N) is 4. The second-order valence-corrected chi connectivity index (χ2v) is 12.3. The molecule has 0 aliphatic heterocycles. The number of halogens is 7. The van der Waals surface area contributed by atoms with E-state index < -0.39 is 29.4 Å². The lowest BCUT2D eigenvalue weighted by atomic mass is 9.89. The van der Waals surface area contributed by atoms with Crippen LogP contribution in [0.2, 0.25) is 0 Å². The molecule has 5 rings (SSSR count). The Labute approximate surface area is 296 Å². The Morgan fingerprint density at radius 2 is 1.43 bits per heavy atom. The van der Waals surface area contributed by atoms with Crippen LogP contribution >= 0.6 is 12.4 Å². The number of fused-ring (bicyclic) bond motifs is 1. The molecule has 0 aliphatic rings. The summed E-state index contributed by atoms with van der Waals surface area (Å²) in [4.78, 5) is 16.4. The molecule has 4 aromatic carbocycles. The minimum atomic E-state index is -4.66. The van der Waals surface area contributed by atoms with Gasteiger partial charge in [0.2, 0.25) is 0 Å². The molecule has 3 N–H and O–H groups in total. The van der Waals surface area contributed by atoms with Crippen LogP contribution in [0.4, 0.5) is 43.5 Å². The first kappa shape index (κ1) is 38.9. The topological polar surface area (TPSA) is 96.6 Å². The number of carbonyl (C=O) groups is 1. The Bertz CT molecular complexity index is 2070. The van der Waals surface area contributed by atoms with E-state index in [0.29, 0.717) is 27.6 Å². The second kappa shape index (κ2) is 15.1. The van der Waals surface area contributed by atoms with E-state index in [1.54, 1.807) is 80.5 Å². The molecule has 0 spiro atoms. The fourth-order valence-electron chi connectivity index (χ4n) is 5.80. The van der Waals surface area contributed by atoms with E-state index in [9.17, 15) is 31.1 Å². The molecular formula is C36H35ClF6N6O2. The summed E-state index contributed by atoms with van der Waals surface area (Å²) in [7, 11) is 8.08. The van der Waals surface area contributed by atoms with Crippen molar-refractivity contribution in [2.75, 3.05) is 46.4 Å². The quantitative estimate of drug-likeness (QED) is 0.0884. The molecule has 0 saturated heterocycles. The van der Waals surface area contributed by atoms with Gasteiger partial charge in [0.25, 0.3) is 0 Å². The number of hydrogen-bond donors (Lipinski definition) is 2. The molecule has 15 heteroatoms. The zero-order chi connectivity index (χ0) is 36.5. The Hall–Kier alpha value is -4.92. The second-order valence-electron chi connectivity index (χ2n) is 12.3. The highest BCUT2D eigenvalue weighted by molar-refractivity contribution is 6.04. The van der Waals surface area contributed by atoms with Gasteiger partial charge in [-0.3, -0.25) is 0 Å². The summed E-state index contributed by atoms with van der Waals surface area (Å²) in [5.41, 5.74) is 6.52. The molecule has 5 aromatic rings. The molecular weight excluding hydrogens is 698 g/mol. The van der Waals surface area contributed by atoms with Crippen molar-refractivity contribution in [2.24, 2.45) is 0 Å². The van der Waals surface area contributed by atoms with Crippen molar-refractivity contribution in [3.05, 3.63) is 101 Å². The van der Waals surface area contributed by atoms with Gasteiger partial charge in [-0.2, -0.15) is 26.3 Å². The van der Waals surface area contributed by atoms with E-state index >= 15 is 0 Å². The zero-order valence-corrected chi connectivity index (χ0v) is 29.0. The molecule has 0 saturated carbocycles. The molecule has 51 heavy (non-hydrogen) atoms. The average molecular weight is 733 g/mol. The Kier molecular flexibility index (Phi) is 11.5. The van der Waals surface area contributed by atoms with Gasteiger partial charge < -0.3 is 25.6 Å². The van der Waals surface area contributed by atoms with Crippen molar-refractivity contribution in [3.63, 3.8) is 0 Å². The van der Waals surface area contributed by atoms with Crippen LogP contribution < -0.4 is 11.1 Å². The van der Waals surface area contributed by atoms with E-state index in [1.807, 2.05) is 0 Å². The minimum absolute atomic E-state index is 0. The number of alkyl halides is 6. The van der Waals surface area contributed by atoms with E-state index in [-0.39, 0.29) is 64.9 Å². The number of benzene rings is 4. The summed E-state index contributed by atoms with van der Waals surface area (Å²) in [5, 5.41) is 12.9. The number of esters is 1. The third-order valence-electron chi connectivity index (χ3n) is 7.80. The highest BCUT2D eigenvalue weighted by Crippen LogP contribution is 2.42. The molecule has 0 aliphatic carbocycles. The van der Waals surface area contributed by atoms with Crippen LogP contribution in [-0.2, 0) is 30.2 Å². The SMILES string of the molecule is COC(=O)c1ccc(-c2nnc(Nc3cc(CN(C)C)cc(C(F)(F)F)c3)c3ccccc23)cc1-c1c(N)cc(C(F)(F)F)cc1CN(C)C.Cl. The number of anilines is 3. The smallest absolute Gasteiger partial charge is 0.416 e. The fourth-order valence-corrected chi connectivity index (χ4v) is 5.80. The van der Waals surface area contributed by atoms with Crippen LogP contribution in [0.1, 0.15) is 32.6 Å². The van der Waals surface area contributed by atoms with Crippen molar-refractivity contribution in [2.45, 2.75) is 25.4 Å². The Morgan fingerprint density at radius 3 is 2.04 bits per heavy atom. The van der Waals surface area contributed by atoms with E-state index in [4.69, 9.17) is 10.5 Å². The van der Waals surface area contributed by atoms with Gasteiger partial charge in [0, 0.05) is 46.4 Å². The van der Waals surface area contributed by atoms with Crippen LogP contribution in [-0.4, -0.2) is 61.3 Å². The normalized spacial score (nSPS) is 11.9. The van der Waals surface area contributed by atoms with Crippen LogP contribution in [0.25, 0.3) is 33.2 Å². The first-order chi connectivity index (χ1) is 23.5. The molecule has 0 unspecified atom stereocenters. The maximum absolute atomic E-state index is 13.8. The number of carbonyl (C=O) groups excluding carboxylic acids is 1. The van der Waals surface area contributed by atoms with Gasteiger partial charge in [-0.05, 0) is 87.3 Å². The summed E-state index contributed by atoms with van der Waals surface area (Å²) >= 11 is 0. The third-order valence-corrected chi connectivity index (χ3v) is 7.80. The molecule has 0 radical (unpaired) electrons. The number of nitrogen functional groups attached to an aromatic ring is 1. The highest BCUT2D eigenvalue weighted by Gasteiger charge is 2.33. The van der Waals surface area contributed by atoms with Gasteiger partial charge in [-0.25, -0.2) is 4.79 Å². The Morgan fingerprint density at radius 1 is 0.804 bits per heavy atom. The van der Waals surface area contributed by atoms with Gasteiger partial charge in [0.05, 0.1) is 23.8 Å². The summed E-state index contributed by atoms with van der Waals surface area (Å²) < 4.78 is 87.8. The van der Waals surface area contributed by atoms with Gasteiger partial charge in [-0.15, -0.1) is 22.6 Å². The van der Waals surface area contributed by atoms with Crippen molar-refractivity contribution >= 4 is 46.3 Å². The summed E-state index contributed by atoms with van der Waals surface area (Å²) in [5.74, 6) is -0.530. The van der Waals surface area contributed by atoms with Crippen LogP contribution in [0.15, 0.2) is 72.8 Å². The van der Waals surface area contributed by atoms with Gasteiger partial charge in [0.15, 0.2) is 5.82 Å². The largest absolute Gasteiger partial charge is 0.465 e. The standard InChI is InChI=1S/C36H34F6N6O2.ClH/c1-47(2)18-20-12-23(35(37,38)39)16-25(13-20)44-33-27-9-7-6-8-26(27)32(45-46-33)21-10-11-28(34(49)50-5)29(15-21)31-22(19-48(3)4)14-24(17-30(31)43)36(40,41)42;/h6-17H,18-19,43H2,1-5H3,(H,44,46);1H. The van der Waals surface area contributed by atoms with Crippen LogP contribution in [0, 0.1) is 0 Å². The number of ether oxygens (including phenoxy) is 1. The third kappa shape index (κ3) is 8.70. The van der Waals surface area contributed by atoms with Gasteiger partial charge in [-0.1, -0.05) is 30.3 Å². The summed E-state index contributed by atoms with van der Waals surface area (Å²) in [6.07, 6.45) is -9.24. The van der Waals surface area contributed by atoms with E-state index in [1.165, 1.54) is 13.2 Å². The highest BCUT2D eigenvalue weighted by atomic mass is 35.5. The number of nitrogens with one attached hydrogen (secondary N) is 1. The van der Waals surface area contributed by atoms with Crippen molar-refractivity contribution in [1.29, 1.82) is 0 Å². The monoisotopic (exact) mass is 732 g/mol. The van der Waals surface area contributed by atoms with Crippen LogP contribution in [0.5, 0.6) is 0 Å². The predicted octanol–water partition coefficient (Wildman–Crippen LogP) is 8.66. The molecule has 0 amide bonds. The number of nitrogens with two attached hydrogens (primary N) is 1. The Balaban J connectivity index is 0.00000583. The maximum atomic E-state index is 13.8. The van der Waals surface area contributed by atoms with E-state index in [2.05, 4.69) is 15.5 Å². The molecule has 1 aromatic heterocycles. The minimum Gasteiger partial charge on any atom is -0.465 e. The summed E-state index contributed by atoms with van der Waals surface area (Å²) in [6.45, 7) is 0.344. The number of hydrogen-bond acceptors (Lipinski definition) is 8. The van der Waals surface area contributed by atoms with Crippen molar-refractivity contribution < 1.29 is 35.9 Å². The van der Waals surface area contributed by atoms with Crippen LogP contribution in [0.3, 0.4) is 0 Å². The lowest BCUT2D eigenvalue weighted by Gasteiger charge is -2.21. The number of methoxy groups -OCH3 is 1. The first-order valence-electron chi connectivity index (χ1n) is 15.2. The summed E-state index contributed by atoms with van der Waals surface area (Å²) in [6, 6.07) is 17.2. The zero-order valence-electron chi connectivity index (χ0n) is 28.2. The average Bonchev–Trinajstić information content (AvgIpc) is 3.02. The maximum Gasteiger partial charge on any atom is 0.416 e. The van der Waals surface area contributed by atoms with Crippen molar-refractivity contribution in [1.82, 2.24) is 20.0 Å². The molecule has 8 nitrogen and oxygen atoms in total. The fraction of sp³-hybridized carbons (Fsp3) is 0.250. The number of rotatable bonds is 9. The van der Waals surface area contributed by atoms with Gasteiger partial charge >= 0.3 is 18.3 Å². The molecule has 270 valence electrons. The molecule has 1 heterocycles. The lowest BCUT2D eigenvalue weighted by Crippen LogP contribution is -2.15. The van der Waals surface area contributed by atoms with E-state index in [0.717, 1.165) is 24.3 Å².